The lowest BCUT2D eigenvalue weighted by molar-refractivity contribution is -0.152. The minimum atomic E-state index is -0.970. The van der Waals surface area contributed by atoms with Crippen LogP contribution in [0.4, 0.5) is 9.59 Å². The van der Waals surface area contributed by atoms with Gasteiger partial charge in [0.2, 0.25) is 5.91 Å². The molecular formula is C27H37N3O8. The Hall–Kier alpha value is -3.50. The first kappa shape index (κ1) is 27.5. The van der Waals surface area contributed by atoms with Gasteiger partial charge in [-0.15, -0.1) is 0 Å². The molecule has 11 nitrogen and oxygen atoms in total. The van der Waals surface area contributed by atoms with Crippen LogP contribution in [0.2, 0.25) is 0 Å². The number of hydrogen-bond donors (Lipinski definition) is 1. The summed E-state index contributed by atoms with van der Waals surface area (Å²) < 4.78 is 22.1. The Morgan fingerprint density at radius 2 is 1.79 bits per heavy atom. The molecule has 4 bridgehead atoms. The second kappa shape index (κ2) is 11.5. The Bertz CT molecular complexity index is 1070. The van der Waals surface area contributed by atoms with Gasteiger partial charge in [-0.05, 0) is 36.3 Å². The van der Waals surface area contributed by atoms with Crippen LogP contribution >= 0.6 is 0 Å². The Morgan fingerprint density at radius 1 is 1.05 bits per heavy atom. The third kappa shape index (κ3) is 6.14. The van der Waals surface area contributed by atoms with Gasteiger partial charge in [0.1, 0.15) is 23.9 Å². The van der Waals surface area contributed by atoms with E-state index in [1.807, 2.05) is 39.0 Å². The number of fused-ring (bicyclic) bond motifs is 3. The summed E-state index contributed by atoms with van der Waals surface area (Å²) in [6.45, 7) is 6.89. The van der Waals surface area contributed by atoms with Gasteiger partial charge in [0.05, 0.1) is 33.4 Å². The molecule has 0 saturated carbocycles. The quantitative estimate of drug-likeness (QED) is 0.433. The van der Waals surface area contributed by atoms with Crippen molar-refractivity contribution in [3.05, 3.63) is 29.3 Å². The van der Waals surface area contributed by atoms with E-state index in [0.29, 0.717) is 26.1 Å². The van der Waals surface area contributed by atoms with Gasteiger partial charge >= 0.3 is 18.2 Å². The Morgan fingerprint density at radius 3 is 2.50 bits per heavy atom. The van der Waals surface area contributed by atoms with Crippen LogP contribution < -0.4 is 10.1 Å². The van der Waals surface area contributed by atoms with Crippen molar-refractivity contribution >= 4 is 24.1 Å². The highest BCUT2D eigenvalue weighted by atomic mass is 16.6. The summed E-state index contributed by atoms with van der Waals surface area (Å²) >= 11 is 0. The lowest BCUT2D eigenvalue weighted by atomic mass is 9.85. The van der Waals surface area contributed by atoms with Crippen LogP contribution in [0.5, 0.6) is 5.75 Å². The summed E-state index contributed by atoms with van der Waals surface area (Å²) in [7, 11) is 1.24. The van der Waals surface area contributed by atoms with Gasteiger partial charge in [-0.1, -0.05) is 32.9 Å². The van der Waals surface area contributed by atoms with E-state index in [0.717, 1.165) is 29.7 Å². The highest BCUT2D eigenvalue weighted by molar-refractivity contribution is 5.91. The van der Waals surface area contributed by atoms with Gasteiger partial charge in [-0.2, -0.15) is 0 Å². The number of nitrogens with zero attached hydrogens (tertiary/aromatic N) is 2. The zero-order valence-electron chi connectivity index (χ0n) is 22.5. The summed E-state index contributed by atoms with van der Waals surface area (Å²) in [6, 6.07) is 3.83. The van der Waals surface area contributed by atoms with Crippen LogP contribution in [0, 0.1) is 5.41 Å². The lowest BCUT2D eigenvalue weighted by Gasteiger charge is -2.34. The second-order valence-corrected chi connectivity index (χ2v) is 11.0. The van der Waals surface area contributed by atoms with E-state index in [1.165, 1.54) is 12.0 Å². The average Bonchev–Trinajstić information content (AvgIpc) is 3.49. The van der Waals surface area contributed by atoms with Crippen LogP contribution in [0.3, 0.4) is 0 Å². The van der Waals surface area contributed by atoms with Crippen molar-refractivity contribution in [1.29, 1.82) is 0 Å². The third-order valence-electron chi connectivity index (χ3n) is 7.14. The number of methoxy groups -OCH3 is 1. The van der Waals surface area contributed by atoms with Crippen LogP contribution in [0.1, 0.15) is 57.6 Å². The molecule has 3 atom stereocenters. The standard InChI is InChI=1S/C27H37N3O8/c1-27(2,3)22-23(31)30-15-18(13-20(30)24(32)35-4)38-26(34)29-14-17-9-8-10-21(19(17)16-29)36-11-6-5-7-12-37-25(33)28-22/h8-10,18,20,22H,5-7,11-16H2,1-4H3,(H,28,33)/t18-,20?,22-/m1/s1. The highest BCUT2D eigenvalue weighted by Crippen LogP contribution is 2.33. The number of alkyl carbamates (subject to hydrolysis) is 1. The summed E-state index contributed by atoms with van der Waals surface area (Å²) in [6.07, 6.45) is 0.361. The fraction of sp³-hybridized carbons (Fsp3) is 0.630. The molecule has 0 aliphatic carbocycles. The number of carbonyl (C=O) groups excluding carboxylic acids is 4. The topological polar surface area (TPSA) is 124 Å². The number of esters is 1. The minimum Gasteiger partial charge on any atom is -0.493 e. The Balaban J connectivity index is 1.58. The first-order valence-electron chi connectivity index (χ1n) is 13.1. The van der Waals surface area contributed by atoms with Gasteiger partial charge in [-0.3, -0.25) is 9.69 Å². The molecule has 0 aromatic heterocycles. The van der Waals surface area contributed by atoms with Crippen molar-refractivity contribution in [2.24, 2.45) is 5.41 Å². The monoisotopic (exact) mass is 531 g/mol. The normalized spacial score (nSPS) is 25.2. The molecule has 3 aliphatic heterocycles. The molecule has 1 aromatic carbocycles. The van der Waals surface area contributed by atoms with Gasteiger partial charge < -0.3 is 29.2 Å². The molecule has 0 spiro atoms. The molecule has 1 saturated heterocycles. The molecule has 3 heterocycles. The molecule has 3 amide bonds. The predicted octanol–water partition coefficient (Wildman–Crippen LogP) is 2.98. The zero-order chi connectivity index (χ0) is 27.4. The SMILES string of the molecule is COC(=O)C1C[C@@H]2CN1C(=O)[C@H](C(C)(C)C)NC(=O)OCCCCCOc1cccc3c1CN(C3)C(=O)O2. The van der Waals surface area contributed by atoms with Crippen molar-refractivity contribution in [3.63, 3.8) is 0 Å². The third-order valence-corrected chi connectivity index (χ3v) is 7.14. The molecule has 1 unspecified atom stereocenters. The van der Waals surface area contributed by atoms with Crippen molar-refractivity contribution in [1.82, 2.24) is 15.1 Å². The average molecular weight is 532 g/mol. The van der Waals surface area contributed by atoms with Crippen molar-refractivity contribution < 1.29 is 38.1 Å². The number of amides is 3. The number of rotatable bonds is 1. The maximum Gasteiger partial charge on any atom is 0.410 e. The van der Waals surface area contributed by atoms with Gasteiger partial charge in [0.15, 0.2) is 0 Å². The highest BCUT2D eigenvalue weighted by Gasteiger charge is 2.47. The van der Waals surface area contributed by atoms with E-state index in [4.69, 9.17) is 18.9 Å². The van der Waals surface area contributed by atoms with Crippen molar-refractivity contribution in [2.75, 3.05) is 26.9 Å². The smallest absolute Gasteiger partial charge is 0.410 e. The fourth-order valence-corrected chi connectivity index (χ4v) is 5.06. The molecule has 38 heavy (non-hydrogen) atoms. The van der Waals surface area contributed by atoms with Crippen LogP contribution in [-0.4, -0.2) is 78.9 Å². The molecule has 1 aromatic rings. The predicted molar refractivity (Wildman–Crippen MR) is 135 cm³/mol. The maximum absolute atomic E-state index is 13.7. The van der Waals surface area contributed by atoms with E-state index in [-0.39, 0.29) is 19.6 Å². The van der Waals surface area contributed by atoms with E-state index < -0.39 is 47.7 Å². The molecule has 0 radical (unpaired) electrons. The minimum absolute atomic E-state index is 0.00277. The molecule has 1 N–H and O–H groups in total. The van der Waals surface area contributed by atoms with Gasteiger partial charge in [0.25, 0.3) is 0 Å². The summed E-state index contributed by atoms with van der Waals surface area (Å²) in [5.41, 5.74) is 1.26. The van der Waals surface area contributed by atoms with E-state index in [1.54, 1.807) is 4.90 Å². The van der Waals surface area contributed by atoms with Gasteiger partial charge in [-0.25, -0.2) is 14.4 Å². The zero-order valence-corrected chi connectivity index (χ0v) is 22.5. The number of cyclic esters (lactones) is 1. The number of benzene rings is 1. The van der Waals surface area contributed by atoms with Crippen LogP contribution in [0.15, 0.2) is 18.2 Å². The number of carbonyl (C=O) groups is 4. The Kier molecular flexibility index (Phi) is 8.32. The number of hydrogen-bond acceptors (Lipinski definition) is 8. The van der Waals surface area contributed by atoms with E-state index in [9.17, 15) is 19.2 Å². The van der Waals surface area contributed by atoms with Gasteiger partial charge in [0, 0.05) is 18.5 Å². The summed E-state index contributed by atoms with van der Waals surface area (Å²) in [4.78, 5) is 54.9. The van der Waals surface area contributed by atoms with Crippen molar-refractivity contribution in [2.45, 2.75) is 77.7 Å². The van der Waals surface area contributed by atoms with Crippen LogP contribution in [0.25, 0.3) is 0 Å². The number of nitrogens with one attached hydrogen (secondary N) is 1. The largest absolute Gasteiger partial charge is 0.493 e. The molecule has 3 aliphatic rings. The molecule has 1 fully saturated rings. The van der Waals surface area contributed by atoms with Crippen molar-refractivity contribution in [3.8, 4) is 5.75 Å². The summed E-state index contributed by atoms with van der Waals surface area (Å²) in [5.74, 6) is -0.339. The summed E-state index contributed by atoms with van der Waals surface area (Å²) in [5, 5.41) is 2.68. The first-order valence-corrected chi connectivity index (χ1v) is 13.1. The Labute approximate surface area is 222 Å². The molecule has 4 rings (SSSR count). The maximum atomic E-state index is 13.7. The first-order chi connectivity index (χ1) is 18.1. The van der Waals surface area contributed by atoms with Crippen LogP contribution in [-0.2, 0) is 36.9 Å². The molecule has 208 valence electrons. The second-order valence-electron chi connectivity index (χ2n) is 11.0. The molecule has 11 heteroatoms. The van der Waals surface area contributed by atoms with E-state index in [2.05, 4.69) is 5.32 Å². The van der Waals surface area contributed by atoms with E-state index >= 15 is 0 Å². The fourth-order valence-electron chi connectivity index (χ4n) is 5.06. The lowest BCUT2D eigenvalue weighted by Crippen LogP contribution is -2.57. The molecular weight excluding hydrogens is 494 g/mol. The number of ether oxygens (including phenoxy) is 4.